The van der Waals surface area contributed by atoms with Crippen LogP contribution < -0.4 is 16.2 Å². The van der Waals surface area contributed by atoms with Crippen molar-refractivity contribution >= 4 is 5.69 Å². The van der Waals surface area contributed by atoms with Gasteiger partial charge in [0, 0.05) is 6.04 Å². The van der Waals surface area contributed by atoms with Crippen LogP contribution in [0, 0.1) is 0 Å². The monoisotopic (exact) mass is 166 g/mol. The van der Waals surface area contributed by atoms with E-state index in [0.29, 0.717) is 11.4 Å². The molecule has 12 heavy (non-hydrogen) atoms. The number of hydrogen-bond donors (Lipinski definition) is 2. The van der Waals surface area contributed by atoms with Gasteiger partial charge in [0.05, 0.1) is 12.8 Å². The minimum atomic E-state index is 0.0134. The van der Waals surface area contributed by atoms with E-state index in [1.807, 2.05) is 19.1 Å². The average Bonchev–Trinajstić information content (AvgIpc) is 2.05. The van der Waals surface area contributed by atoms with Crippen molar-refractivity contribution in [2.24, 2.45) is 5.73 Å². The summed E-state index contributed by atoms with van der Waals surface area (Å²) in [4.78, 5) is 0. The van der Waals surface area contributed by atoms with E-state index in [0.717, 1.165) is 5.56 Å². The number of benzene rings is 1. The number of methoxy groups -OCH3 is 1. The van der Waals surface area contributed by atoms with Crippen molar-refractivity contribution in [3.05, 3.63) is 23.8 Å². The Balaban J connectivity index is 3.05. The van der Waals surface area contributed by atoms with Gasteiger partial charge in [-0.2, -0.15) is 0 Å². The second-order valence-corrected chi connectivity index (χ2v) is 2.79. The van der Waals surface area contributed by atoms with Gasteiger partial charge in [0.2, 0.25) is 0 Å². The summed E-state index contributed by atoms with van der Waals surface area (Å²) in [6.45, 7) is 1.92. The van der Waals surface area contributed by atoms with E-state index in [2.05, 4.69) is 0 Å². The number of nitrogen functional groups attached to an aromatic ring is 1. The predicted octanol–water partition coefficient (Wildman–Crippen LogP) is 1.30. The van der Waals surface area contributed by atoms with Crippen molar-refractivity contribution in [3.63, 3.8) is 0 Å². The van der Waals surface area contributed by atoms with Crippen LogP contribution in [0.4, 0.5) is 5.69 Å². The SMILES string of the molecule is COc1cc([C@@H](C)N)ccc1N. The third-order valence-corrected chi connectivity index (χ3v) is 1.78. The standard InChI is InChI=1S/C9H14N2O/c1-6(10)7-3-4-8(11)9(5-7)12-2/h3-6H,10-11H2,1-2H3/t6-/m1/s1. The quantitative estimate of drug-likeness (QED) is 0.651. The van der Waals surface area contributed by atoms with Crippen LogP contribution >= 0.6 is 0 Å². The molecule has 66 valence electrons. The van der Waals surface area contributed by atoms with E-state index in [-0.39, 0.29) is 6.04 Å². The lowest BCUT2D eigenvalue weighted by atomic mass is 10.1. The molecule has 0 aliphatic rings. The van der Waals surface area contributed by atoms with E-state index in [4.69, 9.17) is 16.2 Å². The maximum absolute atomic E-state index is 5.69. The highest BCUT2D eigenvalue weighted by Crippen LogP contribution is 2.24. The normalized spacial score (nSPS) is 12.6. The van der Waals surface area contributed by atoms with Crippen molar-refractivity contribution in [1.82, 2.24) is 0 Å². The Morgan fingerprint density at radius 1 is 1.42 bits per heavy atom. The molecule has 0 aliphatic carbocycles. The lowest BCUT2D eigenvalue weighted by Crippen LogP contribution is -2.05. The fourth-order valence-electron chi connectivity index (χ4n) is 1.01. The summed E-state index contributed by atoms with van der Waals surface area (Å²) in [6.07, 6.45) is 0. The molecule has 4 N–H and O–H groups in total. The number of ether oxygens (including phenoxy) is 1. The molecule has 0 heterocycles. The molecular formula is C9H14N2O. The van der Waals surface area contributed by atoms with Gasteiger partial charge in [-0.15, -0.1) is 0 Å². The predicted molar refractivity (Wildman–Crippen MR) is 50.0 cm³/mol. The summed E-state index contributed by atoms with van der Waals surface area (Å²) < 4.78 is 5.06. The van der Waals surface area contributed by atoms with Gasteiger partial charge in [0.1, 0.15) is 5.75 Å². The fourth-order valence-corrected chi connectivity index (χ4v) is 1.01. The van der Waals surface area contributed by atoms with Crippen molar-refractivity contribution < 1.29 is 4.74 Å². The van der Waals surface area contributed by atoms with Crippen LogP contribution in [-0.2, 0) is 0 Å². The third kappa shape index (κ3) is 1.68. The summed E-state index contributed by atoms with van der Waals surface area (Å²) in [5.41, 5.74) is 13.0. The molecule has 0 aromatic heterocycles. The fraction of sp³-hybridized carbons (Fsp3) is 0.333. The molecular weight excluding hydrogens is 152 g/mol. The third-order valence-electron chi connectivity index (χ3n) is 1.78. The van der Waals surface area contributed by atoms with Crippen LogP contribution in [0.15, 0.2) is 18.2 Å². The zero-order chi connectivity index (χ0) is 9.14. The van der Waals surface area contributed by atoms with Gasteiger partial charge in [0.15, 0.2) is 0 Å². The maximum atomic E-state index is 5.69. The Morgan fingerprint density at radius 3 is 2.58 bits per heavy atom. The minimum Gasteiger partial charge on any atom is -0.495 e. The largest absolute Gasteiger partial charge is 0.495 e. The zero-order valence-electron chi connectivity index (χ0n) is 7.37. The second kappa shape index (κ2) is 3.45. The molecule has 0 fully saturated rings. The molecule has 0 bridgehead atoms. The van der Waals surface area contributed by atoms with Crippen LogP contribution in [0.3, 0.4) is 0 Å². The molecule has 1 atom stereocenters. The Hall–Kier alpha value is -1.22. The maximum Gasteiger partial charge on any atom is 0.142 e. The lowest BCUT2D eigenvalue weighted by Gasteiger charge is -2.09. The highest BCUT2D eigenvalue weighted by molar-refractivity contribution is 5.54. The first kappa shape index (κ1) is 8.87. The molecule has 0 unspecified atom stereocenters. The van der Waals surface area contributed by atoms with E-state index < -0.39 is 0 Å². The van der Waals surface area contributed by atoms with Crippen LogP contribution in [-0.4, -0.2) is 7.11 Å². The Morgan fingerprint density at radius 2 is 2.08 bits per heavy atom. The number of hydrogen-bond acceptors (Lipinski definition) is 3. The highest BCUT2D eigenvalue weighted by Gasteiger charge is 2.03. The molecule has 0 aliphatic heterocycles. The van der Waals surface area contributed by atoms with Crippen molar-refractivity contribution in [2.45, 2.75) is 13.0 Å². The number of anilines is 1. The number of nitrogens with two attached hydrogens (primary N) is 2. The molecule has 1 aromatic rings. The van der Waals surface area contributed by atoms with Gasteiger partial charge in [-0.25, -0.2) is 0 Å². The van der Waals surface area contributed by atoms with E-state index in [1.54, 1.807) is 13.2 Å². The Labute approximate surface area is 72.3 Å². The zero-order valence-corrected chi connectivity index (χ0v) is 7.37. The van der Waals surface area contributed by atoms with Crippen LogP contribution in [0.5, 0.6) is 5.75 Å². The van der Waals surface area contributed by atoms with E-state index >= 15 is 0 Å². The second-order valence-electron chi connectivity index (χ2n) is 2.79. The van der Waals surface area contributed by atoms with Gasteiger partial charge in [0.25, 0.3) is 0 Å². The molecule has 1 aromatic carbocycles. The summed E-state index contributed by atoms with van der Waals surface area (Å²) in [5.74, 6) is 0.685. The topological polar surface area (TPSA) is 61.3 Å². The first-order valence-corrected chi connectivity index (χ1v) is 3.84. The smallest absolute Gasteiger partial charge is 0.142 e. The molecule has 1 rings (SSSR count). The van der Waals surface area contributed by atoms with Crippen LogP contribution in [0.1, 0.15) is 18.5 Å². The summed E-state index contributed by atoms with van der Waals surface area (Å²) >= 11 is 0. The molecule has 0 saturated heterocycles. The van der Waals surface area contributed by atoms with Crippen molar-refractivity contribution in [3.8, 4) is 5.75 Å². The Kier molecular flexibility index (Phi) is 2.55. The first-order valence-electron chi connectivity index (χ1n) is 3.84. The molecule has 0 saturated carbocycles. The average molecular weight is 166 g/mol. The lowest BCUT2D eigenvalue weighted by molar-refractivity contribution is 0.416. The van der Waals surface area contributed by atoms with Gasteiger partial charge in [-0.05, 0) is 24.6 Å². The molecule has 0 spiro atoms. The minimum absolute atomic E-state index is 0.0134. The van der Waals surface area contributed by atoms with Gasteiger partial charge < -0.3 is 16.2 Å². The highest BCUT2D eigenvalue weighted by atomic mass is 16.5. The van der Waals surface area contributed by atoms with E-state index in [1.165, 1.54) is 0 Å². The Bertz CT molecular complexity index is 271. The van der Waals surface area contributed by atoms with E-state index in [9.17, 15) is 0 Å². The van der Waals surface area contributed by atoms with Gasteiger partial charge >= 0.3 is 0 Å². The summed E-state index contributed by atoms with van der Waals surface area (Å²) in [6, 6.07) is 5.58. The summed E-state index contributed by atoms with van der Waals surface area (Å²) in [7, 11) is 1.59. The first-order chi connectivity index (χ1) is 5.65. The van der Waals surface area contributed by atoms with Crippen LogP contribution in [0.25, 0.3) is 0 Å². The molecule has 0 radical (unpaired) electrons. The van der Waals surface area contributed by atoms with Crippen molar-refractivity contribution in [1.29, 1.82) is 0 Å². The summed E-state index contributed by atoms with van der Waals surface area (Å²) in [5, 5.41) is 0. The molecule has 3 heteroatoms. The van der Waals surface area contributed by atoms with Gasteiger partial charge in [-0.3, -0.25) is 0 Å². The van der Waals surface area contributed by atoms with Crippen LogP contribution in [0.2, 0.25) is 0 Å². The molecule has 0 amide bonds. The van der Waals surface area contributed by atoms with Crippen molar-refractivity contribution in [2.75, 3.05) is 12.8 Å². The van der Waals surface area contributed by atoms with Gasteiger partial charge in [-0.1, -0.05) is 6.07 Å². The number of rotatable bonds is 2. The molecule has 3 nitrogen and oxygen atoms in total.